The number of carbonyl (C=O) groups is 2. The van der Waals surface area contributed by atoms with Crippen LogP contribution in [0.25, 0.3) is 5.69 Å². The third kappa shape index (κ3) is 5.38. The predicted molar refractivity (Wildman–Crippen MR) is 142 cm³/mol. The zero-order chi connectivity index (χ0) is 27.4. The molecule has 1 atom stereocenters. The average molecular weight is 536 g/mol. The molecule has 0 aliphatic carbocycles. The van der Waals surface area contributed by atoms with Gasteiger partial charge in [0, 0.05) is 13.1 Å². The number of amides is 2. The van der Waals surface area contributed by atoms with Crippen LogP contribution in [0.1, 0.15) is 47.9 Å². The lowest BCUT2D eigenvalue weighted by molar-refractivity contribution is -0.170. The van der Waals surface area contributed by atoms with Gasteiger partial charge in [-0.2, -0.15) is 0 Å². The molecule has 3 aromatic rings. The van der Waals surface area contributed by atoms with Crippen LogP contribution in [0, 0.1) is 12.7 Å². The number of benzene rings is 2. The summed E-state index contributed by atoms with van der Waals surface area (Å²) in [6.45, 7) is 5.57. The summed E-state index contributed by atoms with van der Waals surface area (Å²) in [7, 11) is 0. The Morgan fingerprint density at radius 2 is 1.87 bits per heavy atom. The van der Waals surface area contributed by atoms with Crippen molar-refractivity contribution in [3.8, 4) is 11.4 Å². The van der Waals surface area contributed by atoms with Crippen LogP contribution < -0.4 is 4.74 Å². The number of halogens is 1. The molecular formula is C29H34FN5O4. The molecule has 3 heterocycles. The van der Waals surface area contributed by atoms with Crippen LogP contribution in [0.15, 0.2) is 48.5 Å². The molecular weight excluding hydrogens is 501 g/mol. The maximum atomic E-state index is 14.4. The summed E-state index contributed by atoms with van der Waals surface area (Å²) in [5.74, 6) is -0.0793. The van der Waals surface area contributed by atoms with Gasteiger partial charge in [0.15, 0.2) is 11.3 Å². The summed E-state index contributed by atoms with van der Waals surface area (Å²) < 4.78 is 28.0. The molecule has 206 valence electrons. The molecule has 1 unspecified atom stereocenters. The van der Waals surface area contributed by atoms with Crippen LogP contribution in [0.4, 0.5) is 4.39 Å². The van der Waals surface area contributed by atoms with Gasteiger partial charge in [-0.1, -0.05) is 35.5 Å². The zero-order valence-electron chi connectivity index (χ0n) is 22.4. The van der Waals surface area contributed by atoms with Crippen molar-refractivity contribution in [2.45, 2.75) is 45.1 Å². The summed E-state index contributed by atoms with van der Waals surface area (Å²) in [6, 6.07) is 14.2. The van der Waals surface area contributed by atoms with Crippen molar-refractivity contribution < 1.29 is 23.5 Å². The standard InChI is InChI=1S/C29H34FN5O4/c1-3-33-16-18-38-25-14-7-4-10-22(25)11-8-9-15-29(28(33)37)20-34(17-19-39-29)27(36)26-21(2)35(32-31-26)24-13-6-5-12-23(24)30/h4-7,10,12-14H,3,8-9,11,15-20H2,1-2H3. The number of hydrogen-bond acceptors (Lipinski definition) is 6. The number of fused-ring (bicyclic) bond motifs is 1. The van der Waals surface area contributed by atoms with Crippen LogP contribution in [0.2, 0.25) is 0 Å². The Balaban J connectivity index is 1.39. The number of rotatable bonds is 3. The number of hydrogen-bond donors (Lipinski definition) is 0. The molecule has 0 N–H and O–H groups in total. The van der Waals surface area contributed by atoms with E-state index in [4.69, 9.17) is 9.47 Å². The zero-order valence-corrected chi connectivity index (χ0v) is 22.4. The van der Waals surface area contributed by atoms with Crippen LogP contribution in [0.3, 0.4) is 0 Å². The van der Waals surface area contributed by atoms with Crippen molar-refractivity contribution in [2.24, 2.45) is 0 Å². The first-order chi connectivity index (χ1) is 18.9. The van der Waals surface area contributed by atoms with Crippen molar-refractivity contribution in [1.82, 2.24) is 24.8 Å². The van der Waals surface area contributed by atoms with Gasteiger partial charge in [-0.3, -0.25) is 9.59 Å². The van der Waals surface area contributed by atoms with Gasteiger partial charge in [0.25, 0.3) is 11.8 Å². The monoisotopic (exact) mass is 535 g/mol. The minimum Gasteiger partial charge on any atom is -0.491 e. The van der Waals surface area contributed by atoms with Crippen molar-refractivity contribution in [1.29, 1.82) is 0 Å². The number of carbonyl (C=O) groups excluding carboxylic acids is 2. The van der Waals surface area contributed by atoms with Crippen molar-refractivity contribution in [2.75, 3.05) is 39.4 Å². The first-order valence-corrected chi connectivity index (χ1v) is 13.5. The summed E-state index contributed by atoms with van der Waals surface area (Å²) >= 11 is 0. The minimum atomic E-state index is -1.15. The van der Waals surface area contributed by atoms with E-state index in [0.29, 0.717) is 38.4 Å². The van der Waals surface area contributed by atoms with Crippen molar-refractivity contribution >= 4 is 11.8 Å². The first-order valence-electron chi connectivity index (χ1n) is 13.5. The summed E-state index contributed by atoms with van der Waals surface area (Å²) in [5.41, 5.74) is 0.779. The molecule has 0 saturated carbocycles. The molecule has 1 saturated heterocycles. The lowest BCUT2D eigenvalue weighted by atomic mass is 9.90. The average Bonchev–Trinajstić information content (AvgIpc) is 3.34. The topological polar surface area (TPSA) is 89.8 Å². The molecule has 39 heavy (non-hydrogen) atoms. The largest absolute Gasteiger partial charge is 0.491 e. The van der Waals surface area contributed by atoms with E-state index in [-0.39, 0.29) is 36.3 Å². The van der Waals surface area contributed by atoms with Gasteiger partial charge in [-0.15, -0.1) is 5.10 Å². The van der Waals surface area contributed by atoms with E-state index in [1.165, 1.54) is 10.7 Å². The van der Waals surface area contributed by atoms with E-state index in [1.807, 2.05) is 25.1 Å². The highest BCUT2D eigenvalue weighted by molar-refractivity contribution is 5.94. The van der Waals surface area contributed by atoms with Crippen LogP contribution in [-0.4, -0.2) is 81.6 Å². The van der Waals surface area contributed by atoms with E-state index in [2.05, 4.69) is 16.4 Å². The normalized spacial score (nSPS) is 20.6. The molecule has 1 fully saturated rings. The highest BCUT2D eigenvalue weighted by atomic mass is 19.1. The first kappa shape index (κ1) is 26.8. The molecule has 1 spiro atoms. The fourth-order valence-electron chi connectivity index (χ4n) is 5.41. The van der Waals surface area contributed by atoms with Crippen LogP contribution in [0.5, 0.6) is 5.75 Å². The van der Waals surface area contributed by atoms with Crippen molar-refractivity contribution in [3.63, 3.8) is 0 Å². The molecule has 0 bridgehead atoms. The predicted octanol–water partition coefficient (Wildman–Crippen LogP) is 3.58. The molecule has 9 nitrogen and oxygen atoms in total. The maximum Gasteiger partial charge on any atom is 0.276 e. The number of para-hydroxylation sites is 2. The minimum absolute atomic E-state index is 0.116. The molecule has 10 heteroatoms. The van der Waals surface area contributed by atoms with Gasteiger partial charge in [-0.05, 0) is 63.3 Å². The highest BCUT2D eigenvalue weighted by Gasteiger charge is 2.47. The fourth-order valence-corrected chi connectivity index (χ4v) is 5.41. The van der Waals surface area contributed by atoms with E-state index >= 15 is 0 Å². The lowest BCUT2D eigenvalue weighted by Gasteiger charge is -2.44. The Labute approximate surface area is 227 Å². The Morgan fingerprint density at radius 3 is 2.69 bits per heavy atom. The molecule has 2 amide bonds. The summed E-state index contributed by atoms with van der Waals surface area (Å²) in [5, 5.41) is 8.15. The Kier molecular flexibility index (Phi) is 7.92. The molecule has 1 aromatic heterocycles. The smallest absolute Gasteiger partial charge is 0.276 e. The summed E-state index contributed by atoms with van der Waals surface area (Å²) in [4.78, 5) is 31.0. The number of nitrogens with zero attached hydrogens (tertiary/aromatic N) is 5. The van der Waals surface area contributed by atoms with Crippen LogP contribution in [-0.2, 0) is 16.0 Å². The Bertz CT molecular complexity index is 1340. The third-order valence-electron chi connectivity index (χ3n) is 7.58. The Hall–Kier alpha value is -3.79. The number of morpholine rings is 1. The molecule has 2 aliphatic heterocycles. The van der Waals surface area contributed by atoms with E-state index in [0.717, 1.165) is 30.6 Å². The maximum absolute atomic E-state index is 14.4. The quantitative estimate of drug-likeness (QED) is 0.509. The second kappa shape index (κ2) is 11.5. The molecule has 0 radical (unpaired) electrons. The van der Waals surface area contributed by atoms with Gasteiger partial charge in [-0.25, -0.2) is 9.07 Å². The van der Waals surface area contributed by atoms with E-state index in [9.17, 15) is 14.0 Å². The number of likely N-dealkylation sites (N-methyl/N-ethyl adjacent to an activating group) is 1. The van der Waals surface area contributed by atoms with E-state index < -0.39 is 11.4 Å². The van der Waals surface area contributed by atoms with Gasteiger partial charge in [0.2, 0.25) is 0 Å². The van der Waals surface area contributed by atoms with Gasteiger partial charge in [0.05, 0.1) is 25.4 Å². The van der Waals surface area contributed by atoms with Crippen molar-refractivity contribution in [3.05, 3.63) is 71.3 Å². The van der Waals surface area contributed by atoms with Gasteiger partial charge < -0.3 is 19.3 Å². The summed E-state index contributed by atoms with van der Waals surface area (Å²) in [6.07, 6.45) is 2.94. The fraction of sp³-hybridized carbons (Fsp3) is 0.448. The van der Waals surface area contributed by atoms with E-state index in [1.54, 1.807) is 34.9 Å². The number of ether oxygens (including phenoxy) is 2. The second-order valence-electron chi connectivity index (χ2n) is 10.0. The molecule has 5 rings (SSSR count). The highest BCUT2D eigenvalue weighted by Crippen LogP contribution is 2.30. The Morgan fingerprint density at radius 1 is 1.08 bits per heavy atom. The molecule has 2 aliphatic rings. The third-order valence-corrected chi connectivity index (χ3v) is 7.58. The second-order valence-corrected chi connectivity index (χ2v) is 10.0. The van der Waals surface area contributed by atoms with Gasteiger partial charge >= 0.3 is 0 Å². The lowest BCUT2D eigenvalue weighted by Crippen LogP contribution is -2.62. The number of aryl methyl sites for hydroxylation is 1. The van der Waals surface area contributed by atoms with Gasteiger partial charge in [0.1, 0.15) is 23.9 Å². The SMILES string of the molecule is CCN1CCOc2ccccc2CCCCC2(CN(C(=O)c3nnn(-c4ccccc4F)c3C)CCO2)C1=O. The molecule has 2 aromatic carbocycles. The number of aromatic nitrogens is 3. The van der Waals surface area contributed by atoms with Crippen LogP contribution >= 0.6 is 0 Å².